The minimum Gasteiger partial charge on any atom is -0.444 e. The van der Waals surface area contributed by atoms with Crippen LogP contribution < -0.4 is 11.1 Å². The summed E-state index contributed by atoms with van der Waals surface area (Å²) in [5, 5.41) is 2.63. The van der Waals surface area contributed by atoms with Gasteiger partial charge < -0.3 is 10.5 Å². The van der Waals surface area contributed by atoms with Crippen LogP contribution in [-0.2, 0) is 4.74 Å². The summed E-state index contributed by atoms with van der Waals surface area (Å²) in [4.78, 5) is 11.5. The highest BCUT2D eigenvalue weighted by atomic mass is 16.6. The van der Waals surface area contributed by atoms with Gasteiger partial charge in [-0.1, -0.05) is 18.7 Å². The molecular formula is C13H18N2O2. The van der Waals surface area contributed by atoms with Crippen molar-refractivity contribution in [3.05, 3.63) is 36.4 Å². The number of nitrogens with one attached hydrogen (secondary N) is 1. The Morgan fingerprint density at radius 2 is 1.82 bits per heavy atom. The molecule has 1 aromatic rings. The molecule has 0 aliphatic carbocycles. The molecule has 0 bridgehead atoms. The molecular weight excluding hydrogens is 216 g/mol. The average molecular weight is 234 g/mol. The van der Waals surface area contributed by atoms with Gasteiger partial charge in [0.05, 0.1) is 0 Å². The normalized spacial score (nSPS) is 10.8. The third kappa shape index (κ3) is 4.59. The van der Waals surface area contributed by atoms with E-state index in [0.29, 0.717) is 11.4 Å². The molecule has 4 nitrogen and oxygen atoms in total. The lowest BCUT2D eigenvalue weighted by Gasteiger charge is -2.19. The van der Waals surface area contributed by atoms with Crippen LogP contribution in [0, 0.1) is 0 Å². The summed E-state index contributed by atoms with van der Waals surface area (Å²) in [6.45, 7) is 9.07. The number of ether oxygens (including phenoxy) is 1. The standard InChI is InChI=1S/C13H18N2O2/c1-9(14)10-5-7-11(8-6-10)15-12(16)17-13(2,3)4/h5-8H,1,14H2,2-4H3,(H,15,16). The molecule has 4 heteroatoms. The maximum Gasteiger partial charge on any atom is 0.412 e. The third-order valence-electron chi connectivity index (χ3n) is 1.90. The number of hydrogen-bond donors (Lipinski definition) is 2. The molecule has 1 aromatic carbocycles. The van der Waals surface area contributed by atoms with Gasteiger partial charge in [-0.15, -0.1) is 0 Å². The van der Waals surface area contributed by atoms with Gasteiger partial charge in [0.1, 0.15) is 5.60 Å². The van der Waals surface area contributed by atoms with Crippen molar-refractivity contribution in [1.29, 1.82) is 0 Å². The topological polar surface area (TPSA) is 64.3 Å². The molecule has 3 N–H and O–H groups in total. The molecule has 0 fully saturated rings. The van der Waals surface area contributed by atoms with E-state index in [-0.39, 0.29) is 0 Å². The number of hydrogen-bond acceptors (Lipinski definition) is 3. The van der Waals surface area contributed by atoms with E-state index in [1.807, 2.05) is 20.8 Å². The number of carbonyl (C=O) groups excluding carboxylic acids is 1. The van der Waals surface area contributed by atoms with Gasteiger partial charge in [0.15, 0.2) is 0 Å². The van der Waals surface area contributed by atoms with E-state index in [4.69, 9.17) is 10.5 Å². The predicted molar refractivity (Wildman–Crippen MR) is 69.5 cm³/mol. The maximum atomic E-state index is 11.5. The van der Waals surface area contributed by atoms with Gasteiger partial charge in [-0.05, 0) is 38.5 Å². The summed E-state index contributed by atoms with van der Waals surface area (Å²) in [5.41, 5.74) is 7.02. The zero-order valence-corrected chi connectivity index (χ0v) is 10.4. The number of nitrogens with two attached hydrogens (primary N) is 1. The summed E-state index contributed by atoms with van der Waals surface area (Å²) in [6.07, 6.45) is -0.475. The fourth-order valence-corrected chi connectivity index (χ4v) is 1.19. The second kappa shape index (κ2) is 4.91. The second-order valence-electron chi connectivity index (χ2n) is 4.73. The van der Waals surface area contributed by atoms with Crippen molar-refractivity contribution in [2.45, 2.75) is 26.4 Å². The Balaban J connectivity index is 2.64. The highest BCUT2D eigenvalue weighted by molar-refractivity contribution is 5.85. The minimum atomic E-state index is -0.504. The molecule has 0 unspecified atom stereocenters. The molecule has 0 radical (unpaired) electrons. The summed E-state index contributed by atoms with van der Waals surface area (Å²) in [6, 6.07) is 7.07. The van der Waals surface area contributed by atoms with Gasteiger partial charge in [-0.2, -0.15) is 0 Å². The monoisotopic (exact) mass is 234 g/mol. The van der Waals surface area contributed by atoms with Crippen molar-refractivity contribution in [3.63, 3.8) is 0 Å². The molecule has 0 atom stereocenters. The minimum absolute atomic E-state index is 0.475. The van der Waals surface area contributed by atoms with E-state index in [2.05, 4.69) is 11.9 Å². The Labute approximate surface area is 101 Å². The molecule has 0 saturated heterocycles. The van der Waals surface area contributed by atoms with Crippen LogP contribution >= 0.6 is 0 Å². The second-order valence-corrected chi connectivity index (χ2v) is 4.73. The summed E-state index contributed by atoms with van der Waals surface area (Å²) < 4.78 is 5.13. The van der Waals surface area contributed by atoms with Gasteiger partial charge >= 0.3 is 6.09 Å². The first-order valence-corrected chi connectivity index (χ1v) is 5.33. The largest absolute Gasteiger partial charge is 0.444 e. The Morgan fingerprint density at radius 3 is 2.24 bits per heavy atom. The molecule has 0 saturated carbocycles. The molecule has 92 valence electrons. The predicted octanol–water partition coefficient (Wildman–Crippen LogP) is 2.96. The first-order valence-electron chi connectivity index (χ1n) is 5.33. The highest BCUT2D eigenvalue weighted by Gasteiger charge is 2.15. The number of carbonyl (C=O) groups is 1. The SMILES string of the molecule is C=C(N)c1ccc(NC(=O)OC(C)(C)C)cc1. The van der Waals surface area contributed by atoms with Gasteiger partial charge in [0.2, 0.25) is 0 Å². The van der Waals surface area contributed by atoms with Crippen LogP contribution in [0.4, 0.5) is 10.5 Å². The molecule has 1 rings (SSSR count). The Kier molecular flexibility index (Phi) is 3.78. The molecule has 0 aliphatic rings. The lowest BCUT2D eigenvalue weighted by atomic mass is 10.1. The third-order valence-corrected chi connectivity index (χ3v) is 1.90. The van der Waals surface area contributed by atoms with Crippen molar-refractivity contribution in [3.8, 4) is 0 Å². The zero-order chi connectivity index (χ0) is 13.1. The van der Waals surface area contributed by atoms with Crippen LogP contribution in [0.2, 0.25) is 0 Å². The van der Waals surface area contributed by atoms with E-state index < -0.39 is 11.7 Å². The van der Waals surface area contributed by atoms with Crippen LogP contribution in [0.3, 0.4) is 0 Å². The average Bonchev–Trinajstić information content (AvgIpc) is 2.15. The summed E-state index contributed by atoms with van der Waals surface area (Å²) >= 11 is 0. The van der Waals surface area contributed by atoms with Gasteiger partial charge in [-0.3, -0.25) is 5.32 Å². The van der Waals surface area contributed by atoms with Crippen molar-refractivity contribution >= 4 is 17.5 Å². The molecule has 0 aromatic heterocycles. The van der Waals surface area contributed by atoms with E-state index in [1.165, 1.54) is 0 Å². The number of benzene rings is 1. The van der Waals surface area contributed by atoms with E-state index in [1.54, 1.807) is 24.3 Å². The fraction of sp³-hybridized carbons (Fsp3) is 0.308. The fourth-order valence-electron chi connectivity index (χ4n) is 1.19. The number of rotatable bonds is 2. The smallest absolute Gasteiger partial charge is 0.412 e. The van der Waals surface area contributed by atoms with E-state index in [9.17, 15) is 4.79 Å². The van der Waals surface area contributed by atoms with Crippen LogP contribution in [0.15, 0.2) is 30.8 Å². The van der Waals surface area contributed by atoms with Gasteiger partial charge in [0, 0.05) is 11.4 Å². The summed E-state index contributed by atoms with van der Waals surface area (Å²) in [5.74, 6) is 0. The van der Waals surface area contributed by atoms with Crippen LogP contribution in [0.5, 0.6) is 0 Å². The van der Waals surface area contributed by atoms with Crippen LogP contribution in [-0.4, -0.2) is 11.7 Å². The van der Waals surface area contributed by atoms with Crippen molar-refractivity contribution < 1.29 is 9.53 Å². The molecule has 0 spiro atoms. The first kappa shape index (κ1) is 13.1. The van der Waals surface area contributed by atoms with Crippen LogP contribution in [0.1, 0.15) is 26.3 Å². The van der Waals surface area contributed by atoms with Crippen molar-refractivity contribution in [2.75, 3.05) is 5.32 Å². The molecule has 0 heterocycles. The zero-order valence-electron chi connectivity index (χ0n) is 10.4. The number of amides is 1. The Morgan fingerprint density at radius 1 is 1.29 bits per heavy atom. The van der Waals surface area contributed by atoms with Gasteiger partial charge in [-0.25, -0.2) is 4.79 Å². The van der Waals surface area contributed by atoms with E-state index in [0.717, 1.165) is 5.56 Å². The number of anilines is 1. The molecule has 1 amide bonds. The first-order chi connectivity index (χ1) is 7.78. The molecule has 0 aliphatic heterocycles. The Bertz CT molecular complexity index is 416. The van der Waals surface area contributed by atoms with Crippen molar-refractivity contribution in [1.82, 2.24) is 0 Å². The lowest BCUT2D eigenvalue weighted by Crippen LogP contribution is -2.27. The lowest BCUT2D eigenvalue weighted by molar-refractivity contribution is 0.0636. The van der Waals surface area contributed by atoms with Gasteiger partial charge in [0.25, 0.3) is 0 Å². The highest BCUT2D eigenvalue weighted by Crippen LogP contribution is 2.14. The van der Waals surface area contributed by atoms with Crippen molar-refractivity contribution in [2.24, 2.45) is 5.73 Å². The molecule has 17 heavy (non-hydrogen) atoms. The quantitative estimate of drug-likeness (QED) is 0.826. The Hall–Kier alpha value is -1.97. The maximum absolute atomic E-state index is 11.5. The van der Waals surface area contributed by atoms with E-state index >= 15 is 0 Å². The summed E-state index contributed by atoms with van der Waals surface area (Å²) in [7, 11) is 0. The van der Waals surface area contributed by atoms with Crippen LogP contribution in [0.25, 0.3) is 5.70 Å².